The molecule has 1 aliphatic carbocycles. The normalized spacial score (nSPS) is 21.3. The zero-order chi connectivity index (χ0) is 9.64. The molecule has 2 rings (SSSR count). The van der Waals surface area contributed by atoms with Gasteiger partial charge in [-0.2, -0.15) is 5.21 Å². The van der Waals surface area contributed by atoms with Crippen LogP contribution in [0, 0.1) is 5.92 Å². The lowest BCUT2D eigenvalue weighted by Gasteiger charge is -2.17. The SMILES string of the molecule is C1=CCC(CNCc2nn[nH]n2)CC1. The highest BCUT2D eigenvalue weighted by Gasteiger charge is 2.09. The van der Waals surface area contributed by atoms with Crippen LogP contribution < -0.4 is 5.32 Å². The van der Waals surface area contributed by atoms with E-state index in [0.29, 0.717) is 6.54 Å². The van der Waals surface area contributed by atoms with Gasteiger partial charge in [0.1, 0.15) is 0 Å². The van der Waals surface area contributed by atoms with E-state index < -0.39 is 0 Å². The standard InChI is InChI=1S/C9H15N5/c1-2-4-8(5-3-1)6-10-7-9-11-13-14-12-9/h1-2,8,10H,3-7H2,(H,11,12,13,14). The minimum atomic E-state index is 0.705. The summed E-state index contributed by atoms with van der Waals surface area (Å²) in [6.07, 6.45) is 8.23. The summed E-state index contributed by atoms with van der Waals surface area (Å²) in [7, 11) is 0. The second-order valence-corrected chi connectivity index (χ2v) is 3.61. The van der Waals surface area contributed by atoms with Gasteiger partial charge in [-0.15, -0.1) is 10.2 Å². The van der Waals surface area contributed by atoms with E-state index >= 15 is 0 Å². The van der Waals surface area contributed by atoms with Crippen LogP contribution in [0.4, 0.5) is 0 Å². The maximum atomic E-state index is 3.88. The quantitative estimate of drug-likeness (QED) is 0.689. The Morgan fingerprint density at radius 1 is 1.50 bits per heavy atom. The summed E-state index contributed by atoms with van der Waals surface area (Å²) in [6.45, 7) is 1.75. The molecule has 5 nitrogen and oxygen atoms in total. The number of hydrogen-bond acceptors (Lipinski definition) is 4. The minimum Gasteiger partial charge on any atom is -0.309 e. The predicted octanol–water partition coefficient (Wildman–Crippen LogP) is 0.646. The van der Waals surface area contributed by atoms with Gasteiger partial charge in [0.15, 0.2) is 5.82 Å². The number of tetrazole rings is 1. The molecule has 0 radical (unpaired) electrons. The molecule has 1 aliphatic rings. The number of aromatic amines is 1. The lowest BCUT2D eigenvalue weighted by Crippen LogP contribution is -2.23. The molecule has 0 bridgehead atoms. The van der Waals surface area contributed by atoms with Gasteiger partial charge in [0.2, 0.25) is 0 Å². The Bertz CT molecular complexity index is 279. The molecule has 1 atom stereocenters. The summed E-state index contributed by atoms with van der Waals surface area (Å²) < 4.78 is 0. The van der Waals surface area contributed by atoms with Crippen LogP contribution in [0.5, 0.6) is 0 Å². The molecule has 0 aliphatic heterocycles. The second-order valence-electron chi connectivity index (χ2n) is 3.61. The number of H-pyrrole nitrogens is 1. The van der Waals surface area contributed by atoms with Crippen molar-refractivity contribution < 1.29 is 0 Å². The van der Waals surface area contributed by atoms with Crippen molar-refractivity contribution in [3.63, 3.8) is 0 Å². The fraction of sp³-hybridized carbons (Fsp3) is 0.667. The molecular weight excluding hydrogens is 178 g/mol. The van der Waals surface area contributed by atoms with Crippen molar-refractivity contribution in [2.24, 2.45) is 5.92 Å². The Hall–Kier alpha value is -1.23. The van der Waals surface area contributed by atoms with Gasteiger partial charge in [0, 0.05) is 0 Å². The number of allylic oxidation sites excluding steroid dienone is 2. The van der Waals surface area contributed by atoms with E-state index in [1.807, 2.05) is 0 Å². The van der Waals surface area contributed by atoms with E-state index in [9.17, 15) is 0 Å². The molecular formula is C9H15N5. The molecule has 1 aromatic rings. The Morgan fingerprint density at radius 2 is 2.50 bits per heavy atom. The third-order valence-electron chi connectivity index (χ3n) is 2.48. The Morgan fingerprint density at radius 3 is 3.21 bits per heavy atom. The molecule has 1 aromatic heterocycles. The third-order valence-corrected chi connectivity index (χ3v) is 2.48. The monoisotopic (exact) mass is 193 g/mol. The van der Waals surface area contributed by atoms with Gasteiger partial charge in [-0.3, -0.25) is 0 Å². The maximum Gasteiger partial charge on any atom is 0.188 e. The van der Waals surface area contributed by atoms with Gasteiger partial charge >= 0.3 is 0 Å². The summed E-state index contributed by atoms with van der Waals surface area (Å²) in [5, 5.41) is 17.0. The fourth-order valence-corrected chi connectivity index (χ4v) is 1.69. The van der Waals surface area contributed by atoms with Crippen molar-refractivity contribution in [3.8, 4) is 0 Å². The van der Waals surface area contributed by atoms with Gasteiger partial charge < -0.3 is 5.32 Å². The molecule has 1 unspecified atom stereocenters. The number of nitrogens with zero attached hydrogens (tertiary/aromatic N) is 3. The smallest absolute Gasteiger partial charge is 0.188 e. The van der Waals surface area contributed by atoms with Crippen molar-refractivity contribution in [1.82, 2.24) is 25.9 Å². The van der Waals surface area contributed by atoms with Crippen LogP contribution in [0.25, 0.3) is 0 Å². The molecule has 14 heavy (non-hydrogen) atoms. The second kappa shape index (κ2) is 4.85. The first-order valence-electron chi connectivity index (χ1n) is 5.03. The van der Waals surface area contributed by atoms with Gasteiger partial charge in [0.25, 0.3) is 0 Å². The number of aromatic nitrogens is 4. The lowest BCUT2D eigenvalue weighted by molar-refractivity contribution is 0.437. The van der Waals surface area contributed by atoms with E-state index in [0.717, 1.165) is 18.3 Å². The maximum absolute atomic E-state index is 3.88. The van der Waals surface area contributed by atoms with Crippen LogP contribution in [0.3, 0.4) is 0 Å². The van der Waals surface area contributed by atoms with E-state index in [-0.39, 0.29) is 0 Å². The van der Waals surface area contributed by atoms with Crippen molar-refractivity contribution in [2.45, 2.75) is 25.8 Å². The molecule has 0 saturated carbocycles. The van der Waals surface area contributed by atoms with Crippen LogP contribution in [0.15, 0.2) is 12.2 Å². The van der Waals surface area contributed by atoms with Crippen molar-refractivity contribution in [3.05, 3.63) is 18.0 Å². The van der Waals surface area contributed by atoms with Crippen molar-refractivity contribution in [2.75, 3.05) is 6.54 Å². The van der Waals surface area contributed by atoms with E-state index in [1.165, 1.54) is 19.3 Å². The highest BCUT2D eigenvalue weighted by atomic mass is 15.5. The third kappa shape index (κ3) is 2.63. The van der Waals surface area contributed by atoms with Gasteiger partial charge in [-0.25, -0.2) is 0 Å². The average molecular weight is 193 g/mol. The van der Waals surface area contributed by atoms with Gasteiger partial charge in [0.05, 0.1) is 6.54 Å². The molecule has 0 saturated heterocycles. The van der Waals surface area contributed by atoms with E-state index in [1.54, 1.807) is 0 Å². The zero-order valence-electron chi connectivity index (χ0n) is 8.11. The largest absolute Gasteiger partial charge is 0.309 e. The molecule has 2 N–H and O–H groups in total. The lowest BCUT2D eigenvalue weighted by atomic mass is 9.94. The Balaban J connectivity index is 1.65. The van der Waals surface area contributed by atoms with E-state index in [2.05, 4.69) is 38.1 Å². The predicted molar refractivity (Wildman–Crippen MR) is 52.4 cm³/mol. The van der Waals surface area contributed by atoms with Gasteiger partial charge in [-0.1, -0.05) is 17.4 Å². The molecule has 0 fully saturated rings. The first-order valence-corrected chi connectivity index (χ1v) is 5.03. The summed E-state index contributed by atoms with van der Waals surface area (Å²) >= 11 is 0. The van der Waals surface area contributed by atoms with Crippen molar-refractivity contribution in [1.29, 1.82) is 0 Å². The van der Waals surface area contributed by atoms with Crippen LogP contribution >= 0.6 is 0 Å². The summed E-state index contributed by atoms with van der Waals surface area (Å²) in [5.41, 5.74) is 0. The number of nitrogens with one attached hydrogen (secondary N) is 2. The summed E-state index contributed by atoms with van der Waals surface area (Å²) in [6, 6.07) is 0. The first-order chi connectivity index (χ1) is 6.95. The van der Waals surface area contributed by atoms with E-state index in [4.69, 9.17) is 0 Å². The number of hydrogen-bond donors (Lipinski definition) is 2. The van der Waals surface area contributed by atoms with Crippen LogP contribution in [-0.4, -0.2) is 27.2 Å². The van der Waals surface area contributed by atoms with Gasteiger partial charge in [-0.05, 0) is 31.7 Å². The fourth-order valence-electron chi connectivity index (χ4n) is 1.69. The highest BCUT2D eigenvalue weighted by molar-refractivity contribution is 4.90. The molecule has 0 spiro atoms. The summed E-state index contributed by atoms with van der Waals surface area (Å²) in [4.78, 5) is 0. The zero-order valence-corrected chi connectivity index (χ0v) is 8.11. The highest BCUT2D eigenvalue weighted by Crippen LogP contribution is 2.16. The first kappa shape index (κ1) is 9.33. The van der Waals surface area contributed by atoms with Crippen molar-refractivity contribution >= 4 is 0 Å². The topological polar surface area (TPSA) is 66.5 Å². The molecule has 0 aromatic carbocycles. The Labute approximate surface area is 83.0 Å². The van der Waals surface area contributed by atoms with Crippen LogP contribution in [0.1, 0.15) is 25.1 Å². The molecule has 0 amide bonds. The molecule has 76 valence electrons. The average Bonchev–Trinajstić information content (AvgIpc) is 2.72. The van der Waals surface area contributed by atoms with Crippen LogP contribution in [-0.2, 0) is 6.54 Å². The number of rotatable bonds is 4. The van der Waals surface area contributed by atoms with Crippen LogP contribution in [0.2, 0.25) is 0 Å². The molecule has 5 heteroatoms. The summed E-state index contributed by atoms with van der Waals surface area (Å²) in [5.74, 6) is 1.50. The minimum absolute atomic E-state index is 0.705. The Kier molecular flexibility index (Phi) is 3.24. The molecule has 1 heterocycles.